The zero-order valence-electron chi connectivity index (χ0n) is 14.8. The lowest BCUT2D eigenvalue weighted by molar-refractivity contribution is 0.173. The molecule has 4 rings (SSSR count). The summed E-state index contributed by atoms with van der Waals surface area (Å²) in [6.07, 6.45) is 2.36. The molecule has 1 unspecified atom stereocenters. The third-order valence-electron chi connectivity index (χ3n) is 4.84. The maximum Gasteiger partial charge on any atom is 0.347 e. The first-order valence-corrected chi connectivity index (χ1v) is 8.36. The van der Waals surface area contributed by atoms with Gasteiger partial charge in [-0.2, -0.15) is 4.68 Å². The molecule has 0 radical (unpaired) electrons. The fraction of sp³-hybridized carbons (Fsp3) is 0.333. The molecular formula is C18H19N5O3. The first-order valence-electron chi connectivity index (χ1n) is 8.36. The number of amides is 1. The molecular weight excluding hydrogens is 334 g/mol. The van der Waals surface area contributed by atoms with Gasteiger partial charge in [-0.1, -0.05) is 5.21 Å². The molecule has 134 valence electrons. The number of ether oxygens (including phenoxy) is 2. The van der Waals surface area contributed by atoms with Gasteiger partial charge in [-0.05, 0) is 48.7 Å². The molecule has 1 aliphatic rings. The van der Waals surface area contributed by atoms with E-state index in [1.54, 1.807) is 37.4 Å². The second-order valence-electron chi connectivity index (χ2n) is 6.16. The number of carbonyl (C=O) groups excluding carboxylic acids is 1. The van der Waals surface area contributed by atoms with Crippen molar-refractivity contribution in [2.24, 2.45) is 0 Å². The number of nitrogens with zero attached hydrogens (tertiary/aromatic N) is 5. The Labute approximate surface area is 150 Å². The summed E-state index contributed by atoms with van der Waals surface area (Å²) < 4.78 is 12.1. The summed E-state index contributed by atoms with van der Waals surface area (Å²) in [5.74, 6) is 1.36. The topological polar surface area (TPSA) is 82.4 Å². The molecule has 3 aromatic rings. The largest absolute Gasteiger partial charge is 0.493 e. The third kappa shape index (κ3) is 2.45. The van der Waals surface area contributed by atoms with E-state index in [1.165, 1.54) is 4.68 Å². The van der Waals surface area contributed by atoms with Crippen LogP contribution in [0.3, 0.4) is 0 Å². The van der Waals surface area contributed by atoms with E-state index in [0.29, 0.717) is 29.2 Å². The minimum atomic E-state index is -0.214. The Kier molecular flexibility index (Phi) is 3.95. The van der Waals surface area contributed by atoms with Crippen molar-refractivity contribution in [3.63, 3.8) is 0 Å². The minimum Gasteiger partial charge on any atom is -0.493 e. The van der Waals surface area contributed by atoms with Gasteiger partial charge in [0.25, 0.3) is 0 Å². The van der Waals surface area contributed by atoms with Crippen LogP contribution in [-0.2, 0) is 6.42 Å². The van der Waals surface area contributed by atoms with Crippen molar-refractivity contribution in [1.29, 1.82) is 0 Å². The van der Waals surface area contributed by atoms with Gasteiger partial charge in [0, 0.05) is 12.7 Å². The number of pyridine rings is 1. The predicted molar refractivity (Wildman–Crippen MR) is 94.5 cm³/mol. The first-order chi connectivity index (χ1) is 12.6. The fourth-order valence-corrected chi connectivity index (χ4v) is 3.44. The Morgan fingerprint density at radius 3 is 2.77 bits per heavy atom. The minimum absolute atomic E-state index is 0.123. The van der Waals surface area contributed by atoms with Crippen molar-refractivity contribution >= 4 is 17.2 Å². The van der Waals surface area contributed by atoms with Crippen LogP contribution in [0.1, 0.15) is 24.1 Å². The van der Waals surface area contributed by atoms with Crippen molar-refractivity contribution in [1.82, 2.24) is 24.9 Å². The Balaban J connectivity index is 1.71. The predicted octanol–water partition coefficient (Wildman–Crippen LogP) is 2.43. The van der Waals surface area contributed by atoms with E-state index in [9.17, 15) is 4.79 Å². The van der Waals surface area contributed by atoms with Crippen LogP contribution in [-0.4, -0.2) is 51.7 Å². The molecule has 0 saturated carbocycles. The zero-order valence-corrected chi connectivity index (χ0v) is 14.8. The standard InChI is InChI=1S/C18H19N5O3/c1-11-13-10-16(26-3)15(25-2)9-12(13)6-8-22(11)18(24)23-14-5-4-7-19-17(14)20-21-23/h4-5,7,9-11H,6,8H2,1-3H3. The van der Waals surface area contributed by atoms with E-state index in [0.717, 1.165) is 17.5 Å². The molecule has 8 heteroatoms. The third-order valence-corrected chi connectivity index (χ3v) is 4.84. The van der Waals surface area contributed by atoms with E-state index >= 15 is 0 Å². The number of benzene rings is 1. The van der Waals surface area contributed by atoms with Crippen molar-refractivity contribution in [3.8, 4) is 11.5 Å². The summed E-state index contributed by atoms with van der Waals surface area (Å²) in [6.45, 7) is 2.59. The molecule has 8 nitrogen and oxygen atoms in total. The average molecular weight is 353 g/mol. The smallest absolute Gasteiger partial charge is 0.347 e. The second kappa shape index (κ2) is 6.29. The summed E-state index contributed by atoms with van der Waals surface area (Å²) in [4.78, 5) is 19.0. The number of hydrogen-bond donors (Lipinski definition) is 0. The van der Waals surface area contributed by atoms with E-state index in [4.69, 9.17) is 9.47 Å². The molecule has 1 aliphatic heterocycles. The lowest BCUT2D eigenvalue weighted by Gasteiger charge is -2.35. The summed E-state index contributed by atoms with van der Waals surface area (Å²) in [5, 5.41) is 7.96. The maximum atomic E-state index is 13.1. The summed E-state index contributed by atoms with van der Waals surface area (Å²) >= 11 is 0. The van der Waals surface area contributed by atoms with E-state index in [1.807, 2.05) is 19.1 Å². The number of aromatic nitrogens is 4. The van der Waals surface area contributed by atoms with Gasteiger partial charge in [0.2, 0.25) is 5.65 Å². The first kappa shape index (κ1) is 16.3. The highest BCUT2D eigenvalue weighted by Gasteiger charge is 2.31. The van der Waals surface area contributed by atoms with Crippen LogP contribution < -0.4 is 9.47 Å². The Morgan fingerprint density at radius 2 is 2.00 bits per heavy atom. The van der Waals surface area contributed by atoms with Crippen LogP contribution in [0.5, 0.6) is 11.5 Å². The highest BCUT2D eigenvalue weighted by Crippen LogP contribution is 2.38. The molecule has 0 fully saturated rings. The number of fused-ring (bicyclic) bond motifs is 2. The monoisotopic (exact) mass is 353 g/mol. The molecule has 1 amide bonds. The van der Waals surface area contributed by atoms with Crippen LogP contribution in [0.15, 0.2) is 30.5 Å². The Morgan fingerprint density at radius 1 is 1.23 bits per heavy atom. The Hall–Kier alpha value is -3.16. The van der Waals surface area contributed by atoms with Gasteiger partial charge in [-0.15, -0.1) is 5.10 Å². The van der Waals surface area contributed by atoms with Crippen LogP contribution in [0.4, 0.5) is 4.79 Å². The molecule has 0 saturated heterocycles. The summed E-state index contributed by atoms with van der Waals surface area (Å²) in [5.41, 5.74) is 3.26. The molecule has 3 heterocycles. The highest BCUT2D eigenvalue weighted by molar-refractivity contribution is 5.86. The van der Waals surface area contributed by atoms with Crippen molar-refractivity contribution < 1.29 is 14.3 Å². The lowest BCUT2D eigenvalue weighted by atomic mass is 9.93. The molecule has 1 aromatic carbocycles. The van der Waals surface area contributed by atoms with Crippen molar-refractivity contribution in [2.45, 2.75) is 19.4 Å². The highest BCUT2D eigenvalue weighted by atomic mass is 16.5. The molecule has 0 N–H and O–H groups in total. The maximum absolute atomic E-state index is 13.1. The van der Waals surface area contributed by atoms with E-state index in [-0.39, 0.29) is 12.1 Å². The van der Waals surface area contributed by atoms with Gasteiger partial charge in [0.05, 0.1) is 20.3 Å². The van der Waals surface area contributed by atoms with Crippen LogP contribution in [0.25, 0.3) is 11.2 Å². The summed E-state index contributed by atoms with van der Waals surface area (Å²) in [7, 11) is 3.23. The molecule has 2 aromatic heterocycles. The molecule has 0 spiro atoms. The summed E-state index contributed by atoms with van der Waals surface area (Å²) in [6, 6.07) is 7.15. The lowest BCUT2D eigenvalue weighted by Crippen LogP contribution is -2.41. The van der Waals surface area contributed by atoms with Gasteiger partial charge in [-0.25, -0.2) is 9.78 Å². The number of rotatable bonds is 2. The molecule has 1 atom stereocenters. The van der Waals surface area contributed by atoms with E-state index < -0.39 is 0 Å². The van der Waals surface area contributed by atoms with Gasteiger partial charge in [0.15, 0.2) is 11.5 Å². The molecule has 0 aliphatic carbocycles. The van der Waals surface area contributed by atoms with Gasteiger partial charge < -0.3 is 14.4 Å². The average Bonchev–Trinajstić information content (AvgIpc) is 3.11. The van der Waals surface area contributed by atoms with Gasteiger partial charge in [0.1, 0.15) is 5.52 Å². The van der Waals surface area contributed by atoms with Gasteiger partial charge >= 0.3 is 6.03 Å². The number of hydrogen-bond acceptors (Lipinski definition) is 6. The quantitative estimate of drug-likeness (QED) is 0.704. The van der Waals surface area contributed by atoms with Crippen LogP contribution in [0, 0.1) is 0 Å². The molecule has 26 heavy (non-hydrogen) atoms. The van der Waals surface area contributed by atoms with Crippen molar-refractivity contribution in [3.05, 3.63) is 41.6 Å². The van der Waals surface area contributed by atoms with E-state index in [2.05, 4.69) is 15.3 Å². The van der Waals surface area contributed by atoms with Crippen LogP contribution in [0.2, 0.25) is 0 Å². The van der Waals surface area contributed by atoms with Crippen LogP contribution >= 0.6 is 0 Å². The number of methoxy groups -OCH3 is 2. The zero-order chi connectivity index (χ0) is 18.3. The normalized spacial score (nSPS) is 16.4. The Bertz CT molecular complexity index is 984. The fourth-order valence-electron chi connectivity index (χ4n) is 3.44. The van der Waals surface area contributed by atoms with Crippen molar-refractivity contribution in [2.75, 3.05) is 20.8 Å². The number of carbonyl (C=O) groups is 1. The second-order valence-corrected chi connectivity index (χ2v) is 6.16. The van der Waals surface area contributed by atoms with Gasteiger partial charge in [-0.3, -0.25) is 0 Å². The molecule has 0 bridgehead atoms. The SMILES string of the molecule is COc1cc2c(cc1OC)C(C)N(C(=O)n1nnc3ncccc31)CC2.